The van der Waals surface area contributed by atoms with Crippen LogP contribution in [-0.2, 0) is 17.6 Å². The Kier molecular flexibility index (Phi) is 8.73. The number of amides is 1. The molecule has 4 aromatic rings. The molecule has 7 nitrogen and oxygen atoms in total. The number of rotatable bonds is 10. The van der Waals surface area contributed by atoms with Gasteiger partial charge in [-0.15, -0.1) is 0 Å². The van der Waals surface area contributed by atoms with E-state index in [1.54, 1.807) is 72.9 Å². The summed E-state index contributed by atoms with van der Waals surface area (Å²) in [4.78, 5) is 40.3. The number of nitrogens with zero attached hydrogens (tertiary/aromatic N) is 1. The Hall–Kier alpha value is -4.20. The molecule has 4 rings (SSSR count). The molecule has 2 N–H and O–H groups in total. The normalized spacial score (nSPS) is 10.6. The number of ketones is 1. The molecule has 0 unspecified atom stereocenters. The molecule has 192 valence electrons. The third kappa shape index (κ3) is 7.18. The van der Waals surface area contributed by atoms with Crippen molar-refractivity contribution in [1.82, 2.24) is 4.98 Å². The molecule has 0 saturated carbocycles. The van der Waals surface area contributed by atoms with Gasteiger partial charge in [-0.3, -0.25) is 19.4 Å². The minimum absolute atomic E-state index is 0.0743. The van der Waals surface area contributed by atoms with Crippen molar-refractivity contribution in [3.8, 4) is 11.5 Å². The number of halogens is 2. The van der Waals surface area contributed by atoms with Crippen LogP contribution in [0, 0.1) is 0 Å². The topological polar surface area (TPSA) is 106 Å². The summed E-state index contributed by atoms with van der Waals surface area (Å²) in [5.74, 6) is -0.356. The van der Waals surface area contributed by atoms with Crippen LogP contribution in [0.5, 0.6) is 11.5 Å². The Bertz CT molecular complexity index is 1470. The summed E-state index contributed by atoms with van der Waals surface area (Å²) in [6.07, 6.45) is 3.54. The van der Waals surface area contributed by atoms with Gasteiger partial charge in [0.2, 0.25) is 0 Å². The van der Waals surface area contributed by atoms with Gasteiger partial charge in [0.15, 0.2) is 5.78 Å². The molecule has 1 heterocycles. The summed E-state index contributed by atoms with van der Waals surface area (Å²) in [5.41, 5.74) is 2.74. The molecule has 0 aliphatic heterocycles. The number of hydrogen-bond donors (Lipinski definition) is 2. The Morgan fingerprint density at radius 2 is 1.68 bits per heavy atom. The summed E-state index contributed by atoms with van der Waals surface area (Å²) >= 11 is 11.9. The minimum atomic E-state index is -0.949. The van der Waals surface area contributed by atoms with Crippen molar-refractivity contribution in [2.75, 3.05) is 5.32 Å². The van der Waals surface area contributed by atoms with E-state index in [1.807, 2.05) is 0 Å². The van der Waals surface area contributed by atoms with Gasteiger partial charge in [-0.25, -0.2) is 0 Å². The second-order valence-corrected chi connectivity index (χ2v) is 9.20. The van der Waals surface area contributed by atoms with Gasteiger partial charge in [0.25, 0.3) is 5.91 Å². The van der Waals surface area contributed by atoms with Crippen molar-refractivity contribution in [1.29, 1.82) is 0 Å². The molecule has 0 bridgehead atoms. The fourth-order valence-electron chi connectivity index (χ4n) is 3.71. The van der Waals surface area contributed by atoms with Crippen LogP contribution in [0.25, 0.3) is 0 Å². The first-order valence-corrected chi connectivity index (χ1v) is 12.4. The summed E-state index contributed by atoms with van der Waals surface area (Å²) in [5, 5.41) is 12.6. The maximum atomic E-state index is 12.6. The number of aryl methyl sites for hydroxylation is 1. The van der Waals surface area contributed by atoms with Crippen molar-refractivity contribution in [3.63, 3.8) is 0 Å². The minimum Gasteiger partial charge on any atom is -0.481 e. The van der Waals surface area contributed by atoms with E-state index in [1.165, 1.54) is 12.3 Å². The Morgan fingerprint density at radius 1 is 0.895 bits per heavy atom. The summed E-state index contributed by atoms with van der Waals surface area (Å²) in [6, 6.07) is 19.9. The maximum Gasteiger partial charge on any atom is 0.307 e. The van der Waals surface area contributed by atoms with Crippen molar-refractivity contribution in [2.45, 2.75) is 19.3 Å². The van der Waals surface area contributed by atoms with E-state index in [0.29, 0.717) is 50.9 Å². The number of nitrogens with one attached hydrogen (secondary N) is 1. The van der Waals surface area contributed by atoms with Crippen LogP contribution in [-0.4, -0.2) is 27.8 Å². The number of aliphatic carboxylic acids is 1. The molecule has 0 aliphatic carbocycles. The van der Waals surface area contributed by atoms with Crippen LogP contribution in [0.1, 0.15) is 38.3 Å². The lowest BCUT2D eigenvalue weighted by molar-refractivity contribution is -0.136. The molecule has 0 fully saturated rings. The highest BCUT2D eigenvalue weighted by Gasteiger charge is 2.13. The van der Waals surface area contributed by atoms with Crippen LogP contribution >= 0.6 is 23.2 Å². The summed E-state index contributed by atoms with van der Waals surface area (Å²) < 4.78 is 6.07. The molecule has 1 aromatic heterocycles. The van der Waals surface area contributed by atoms with Crippen molar-refractivity contribution < 1.29 is 24.2 Å². The van der Waals surface area contributed by atoms with Gasteiger partial charge in [0.1, 0.15) is 11.5 Å². The molecule has 3 aromatic carbocycles. The number of carboxylic acid groups (broad SMARTS) is 1. The number of carbonyl (C=O) groups is 3. The van der Waals surface area contributed by atoms with E-state index in [2.05, 4.69) is 10.3 Å². The van der Waals surface area contributed by atoms with Crippen molar-refractivity contribution >= 4 is 46.5 Å². The third-order valence-electron chi connectivity index (χ3n) is 5.61. The van der Waals surface area contributed by atoms with E-state index in [-0.39, 0.29) is 29.6 Å². The number of Topliss-reactive ketones (excluding diaryl/α,β-unsaturated/α-hetero) is 1. The number of carbonyl (C=O) groups excluding carboxylic acids is 2. The van der Waals surface area contributed by atoms with Crippen LogP contribution in [0.3, 0.4) is 0 Å². The van der Waals surface area contributed by atoms with Gasteiger partial charge < -0.3 is 15.2 Å². The molecule has 0 radical (unpaired) electrons. The Morgan fingerprint density at radius 3 is 2.37 bits per heavy atom. The Balaban J connectivity index is 1.47. The molecule has 0 saturated heterocycles. The number of pyridine rings is 1. The van der Waals surface area contributed by atoms with E-state index in [4.69, 9.17) is 27.9 Å². The largest absolute Gasteiger partial charge is 0.481 e. The van der Waals surface area contributed by atoms with Gasteiger partial charge in [-0.1, -0.05) is 35.3 Å². The highest BCUT2D eigenvalue weighted by Crippen LogP contribution is 2.29. The smallest absolute Gasteiger partial charge is 0.307 e. The number of hydrogen-bond acceptors (Lipinski definition) is 5. The number of ether oxygens (including phenoxy) is 1. The van der Waals surface area contributed by atoms with Crippen LogP contribution < -0.4 is 10.1 Å². The summed E-state index contributed by atoms with van der Waals surface area (Å²) in [7, 11) is 0. The quantitative estimate of drug-likeness (QED) is 0.209. The molecule has 1 amide bonds. The predicted molar refractivity (Wildman–Crippen MR) is 146 cm³/mol. The van der Waals surface area contributed by atoms with Gasteiger partial charge >= 0.3 is 5.97 Å². The average molecular weight is 549 g/mol. The molecule has 0 aliphatic rings. The second kappa shape index (κ2) is 12.4. The predicted octanol–water partition coefficient (Wildman–Crippen LogP) is 6.88. The lowest BCUT2D eigenvalue weighted by Crippen LogP contribution is -2.11. The number of carboxylic acids is 1. The zero-order chi connectivity index (χ0) is 27.1. The zero-order valence-corrected chi connectivity index (χ0v) is 21.5. The first-order valence-electron chi connectivity index (χ1n) is 11.6. The van der Waals surface area contributed by atoms with Gasteiger partial charge in [-0.2, -0.15) is 0 Å². The highest BCUT2D eigenvalue weighted by atomic mass is 35.5. The fraction of sp³-hybridized carbons (Fsp3) is 0.103. The number of anilines is 1. The molecule has 38 heavy (non-hydrogen) atoms. The van der Waals surface area contributed by atoms with Crippen molar-refractivity contribution in [3.05, 3.63) is 117 Å². The standard InChI is InChI=1S/C29H22Cl2N2O5/c30-24-10-4-20(16-25(24)31)29(37)33-22-6-8-23(9-7-22)38-27-12-3-18(15-28(35)36)14-19(27)5-11-26(34)21-2-1-13-32-17-21/h1-4,6-10,12-14,16-17H,5,11,15H2,(H,33,37)(H,35,36). The lowest BCUT2D eigenvalue weighted by Gasteiger charge is -2.13. The van der Waals surface area contributed by atoms with E-state index < -0.39 is 5.97 Å². The number of benzene rings is 3. The van der Waals surface area contributed by atoms with Crippen molar-refractivity contribution in [2.24, 2.45) is 0 Å². The van der Waals surface area contributed by atoms with Gasteiger partial charge in [-0.05, 0) is 78.2 Å². The van der Waals surface area contributed by atoms with Crippen LogP contribution in [0.15, 0.2) is 85.2 Å². The highest BCUT2D eigenvalue weighted by molar-refractivity contribution is 6.42. The van der Waals surface area contributed by atoms with E-state index in [0.717, 1.165) is 0 Å². The first kappa shape index (κ1) is 26.9. The molecular formula is C29H22Cl2N2O5. The molecular weight excluding hydrogens is 527 g/mol. The first-order chi connectivity index (χ1) is 18.3. The van der Waals surface area contributed by atoms with E-state index in [9.17, 15) is 19.5 Å². The number of aromatic nitrogens is 1. The third-order valence-corrected chi connectivity index (χ3v) is 6.35. The maximum absolute atomic E-state index is 12.6. The molecule has 0 spiro atoms. The average Bonchev–Trinajstić information content (AvgIpc) is 2.91. The molecule has 9 heteroatoms. The summed E-state index contributed by atoms with van der Waals surface area (Å²) in [6.45, 7) is 0. The zero-order valence-electron chi connectivity index (χ0n) is 20.0. The monoisotopic (exact) mass is 548 g/mol. The SMILES string of the molecule is O=C(O)Cc1ccc(Oc2ccc(NC(=O)c3ccc(Cl)c(Cl)c3)cc2)c(CCC(=O)c2cccnc2)c1. The Labute approximate surface area is 229 Å². The van der Waals surface area contributed by atoms with Gasteiger partial charge in [0, 0.05) is 35.6 Å². The molecule has 0 atom stereocenters. The lowest BCUT2D eigenvalue weighted by atomic mass is 10.00. The van der Waals surface area contributed by atoms with E-state index >= 15 is 0 Å². The fourth-order valence-corrected chi connectivity index (χ4v) is 4.00. The second-order valence-electron chi connectivity index (χ2n) is 8.39. The van der Waals surface area contributed by atoms with Crippen LogP contribution in [0.2, 0.25) is 10.0 Å². The van der Waals surface area contributed by atoms with Gasteiger partial charge in [0.05, 0.1) is 16.5 Å². The van der Waals surface area contributed by atoms with Crippen LogP contribution in [0.4, 0.5) is 5.69 Å².